The van der Waals surface area contributed by atoms with E-state index in [4.69, 9.17) is 4.42 Å². The minimum atomic E-state index is 0.111. The maximum Gasteiger partial charge on any atom is 0.277 e. The van der Waals surface area contributed by atoms with Gasteiger partial charge in [0.25, 0.3) is 11.1 Å². The zero-order valence-electron chi connectivity index (χ0n) is 17.4. The summed E-state index contributed by atoms with van der Waals surface area (Å²) < 4.78 is 5.73. The molecule has 0 unspecified atom stereocenters. The fourth-order valence-corrected chi connectivity index (χ4v) is 5.04. The molecule has 0 N–H and O–H groups in total. The van der Waals surface area contributed by atoms with Crippen LogP contribution in [0, 0.1) is 20.8 Å². The molecule has 9 heteroatoms. The summed E-state index contributed by atoms with van der Waals surface area (Å²) in [6, 6.07) is 8.60. The topological polar surface area (TPSA) is 75.4 Å². The van der Waals surface area contributed by atoms with E-state index in [9.17, 15) is 4.79 Å². The largest absolute Gasteiger partial charge is 0.410 e. The van der Waals surface area contributed by atoms with Crippen molar-refractivity contribution in [2.75, 3.05) is 31.9 Å². The summed E-state index contributed by atoms with van der Waals surface area (Å²) in [5, 5.41) is 9.56. The molecule has 0 bridgehead atoms. The number of thiazole rings is 1. The van der Waals surface area contributed by atoms with Crippen LogP contribution < -0.4 is 0 Å². The summed E-state index contributed by atoms with van der Waals surface area (Å²) >= 11 is 2.83. The van der Waals surface area contributed by atoms with Crippen molar-refractivity contribution >= 4 is 29.0 Å². The number of carbonyl (C=O) groups is 1. The van der Waals surface area contributed by atoms with E-state index in [1.165, 1.54) is 34.2 Å². The highest BCUT2D eigenvalue weighted by Crippen LogP contribution is 2.30. The molecule has 0 aliphatic carbocycles. The molecule has 0 radical (unpaired) electrons. The Morgan fingerprint density at radius 1 is 1.17 bits per heavy atom. The summed E-state index contributed by atoms with van der Waals surface area (Å²) in [6.45, 7) is 10.2. The van der Waals surface area contributed by atoms with Gasteiger partial charge in [0.05, 0.1) is 16.5 Å². The smallest absolute Gasteiger partial charge is 0.277 e. The average molecular weight is 444 g/mol. The van der Waals surface area contributed by atoms with Crippen LogP contribution in [0.4, 0.5) is 0 Å². The number of aromatic nitrogens is 3. The molecule has 0 saturated carbocycles. The van der Waals surface area contributed by atoms with Crippen molar-refractivity contribution in [2.24, 2.45) is 0 Å². The number of aryl methyl sites for hydroxylation is 3. The van der Waals surface area contributed by atoms with Crippen molar-refractivity contribution in [3.8, 4) is 10.8 Å². The van der Waals surface area contributed by atoms with Gasteiger partial charge in [0.2, 0.25) is 5.91 Å². The van der Waals surface area contributed by atoms with Crippen LogP contribution in [-0.4, -0.2) is 62.8 Å². The second-order valence-corrected chi connectivity index (χ2v) is 9.58. The molecule has 0 atom stereocenters. The molecule has 1 fully saturated rings. The van der Waals surface area contributed by atoms with Crippen molar-refractivity contribution in [1.82, 2.24) is 25.0 Å². The molecule has 158 valence electrons. The van der Waals surface area contributed by atoms with Crippen molar-refractivity contribution in [3.63, 3.8) is 0 Å². The highest BCUT2D eigenvalue weighted by molar-refractivity contribution is 7.99. The zero-order valence-corrected chi connectivity index (χ0v) is 19.1. The van der Waals surface area contributed by atoms with Crippen LogP contribution in [0.5, 0.6) is 0 Å². The number of thioether (sulfide) groups is 1. The lowest BCUT2D eigenvalue weighted by Gasteiger charge is -2.34. The number of amides is 1. The van der Waals surface area contributed by atoms with Gasteiger partial charge < -0.3 is 9.32 Å². The second-order valence-electron chi connectivity index (χ2n) is 7.46. The molecule has 1 aromatic carbocycles. The summed E-state index contributed by atoms with van der Waals surface area (Å²) in [6.07, 6.45) is 0. The lowest BCUT2D eigenvalue weighted by Crippen LogP contribution is -2.48. The van der Waals surface area contributed by atoms with Gasteiger partial charge in [-0.2, -0.15) is 0 Å². The fourth-order valence-electron chi connectivity index (χ4n) is 3.53. The highest BCUT2D eigenvalue weighted by atomic mass is 32.2. The van der Waals surface area contributed by atoms with E-state index in [0.29, 0.717) is 16.9 Å². The van der Waals surface area contributed by atoms with E-state index >= 15 is 0 Å². The minimum Gasteiger partial charge on any atom is -0.410 e. The van der Waals surface area contributed by atoms with Crippen molar-refractivity contribution in [2.45, 2.75) is 32.5 Å². The molecule has 7 nitrogen and oxygen atoms in total. The van der Waals surface area contributed by atoms with Gasteiger partial charge in [0.15, 0.2) is 0 Å². The standard InChI is InChI=1S/C21H25N5O2S2/c1-14-5-4-6-17(11-14)12-25-7-9-26(10-8-25)18(27)13-29-21-24-23-20(28-21)19-15(2)22-16(3)30-19/h4-6,11H,7-10,12-13H2,1-3H3. The van der Waals surface area contributed by atoms with Crippen LogP contribution in [-0.2, 0) is 11.3 Å². The predicted molar refractivity (Wildman–Crippen MR) is 119 cm³/mol. The summed E-state index contributed by atoms with van der Waals surface area (Å²) in [5.41, 5.74) is 3.49. The molecule has 1 aliphatic rings. The van der Waals surface area contributed by atoms with Crippen LogP contribution in [0.25, 0.3) is 10.8 Å². The third-order valence-corrected chi connectivity index (χ3v) is 6.90. The van der Waals surface area contributed by atoms with Gasteiger partial charge in [-0.05, 0) is 26.3 Å². The monoisotopic (exact) mass is 443 g/mol. The lowest BCUT2D eigenvalue weighted by atomic mass is 10.1. The van der Waals surface area contributed by atoms with E-state index in [0.717, 1.165) is 48.3 Å². The van der Waals surface area contributed by atoms with E-state index in [1.807, 2.05) is 18.7 Å². The van der Waals surface area contributed by atoms with Gasteiger partial charge in [-0.1, -0.05) is 41.6 Å². The zero-order chi connectivity index (χ0) is 21.1. The second kappa shape index (κ2) is 9.28. The van der Waals surface area contributed by atoms with Crippen LogP contribution in [0.1, 0.15) is 21.8 Å². The molecular formula is C21H25N5O2S2. The molecule has 30 heavy (non-hydrogen) atoms. The SMILES string of the molecule is Cc1cccc(CN2CCN(C(=O)CSc3nnc(-c4sc(C)nc4C)o3)CC2)c1. The third kappa shape index (κ3) is 5.08. The van der Waals surface area contributed by atoms with Crippen LogP contribution >= 0.6 is 23.1 Å². The molecule has 2 aromatic heterocycles. The molecule has 1 aliphatic heterocycles. The Hall–Kier alpha value is -2.23. The maximum absolute atomic E-state index is 12.6. The molecule has 1 amide bonds. The van der Waals surface area contributed by atoms with Crippen LogP contribution in [0.2, 0.25) is 0 Å². The van der Waals surface area contributed by atoms with E-state index in [2.05, 4.69) is 51.3 Å². The molecule has 4 rings (SSSR count). The Bertz CT molecular complexity index is 1020. The molecule has 0 spiro atoms. The number of nitrogens with zero attached hydrogens (tertiary/aromatic N) is 5. The molecular weight excluding hydrogens is 418 g/mol. The number of benzene rings is 1. The first-order valence-corrected chi connectivity index (χ1v) is 11.7. The molecule has 3 heterocycles. The highest BCUT2D eigenvalue weighted by Gasteiger charge is 2.22. The van der Waals surface area contributed by atoms with E-state index < -0.39 is 0 Å². The Morgan fingerprint density at radius 2 is 1.97 bits per heavy atom. The third-order valence-electron chi connectivity index (χ3n) is 5.04. The molecule has 3 aromatic rings. The first-order valence-electron chi connectivity index (χ1n) is 9.94. The number of carbonyl (C=O) groups excluding carboxylic acids is 1. The Balaban J connectivity index is 1.25. The molecule has 1 saturated heterocycles. The van der Waals surface area contributed by atoms with Gasteiger partial charge in [-0.3, -0.25) is 9.69 Å². The Kier molecular flexibility index (Phi) is 6.50. The average Bonchev–Trinajstić information content (AvgIpc) is 3.32. The van der Waals surface area contributed by atoms with E-state index in [1.54, 1.807) is 0 Å². The van der Waals surface area contributed by atoms with Crippen LogP contribution in [0.15, 0.2) is 33.9 Å². The van der Waals surface area contributed by atoms with Gasteiger partial charge in [0, 0.05) is 32.7 Å². The normalized spacial score (nSPS) is 15.0. The van der Waals surface area contributed by atoms with Gasteiger partial charge >= 0.3 is 0 Å². The quantitative estimate of drug-likeness (QED) is 0.539. The first-order chi connectivity index (χ1) is 14.5. The van der Waals surface area contributed by atoms with Crippen molar-refractivity contribution < 1.29 is 9.21 Å². The first kappa shape index (κ1) is 21.0. The number of rotatable bonds is 6. The van der Waals surface area contributed by atoms with Gasteiger partial charge in [0.1, 0.15) is 4.88 Å². The minimum absolute atomic E-state index is 0.111. The number of hydrogen-bond donors (Lipinski definition) is 0. The summed E-state index contributed by atoms with van der Waals surface area (Å²) in [5.74, 6) is 0.887. The van der Waals surface area contributed by atoms with Crippen LogP contribution in [0.3, 0.4) is 0 Å². The fraction of sp³-hybridized carbons (Fsp3) is 0.429. The summed E-state index contributed by atoms with van der Waals surface area (Å²) in [7, 11) is 0. The van der Waals surface area contributed by atoms with Gasteiger partial charge in [-0.15, -0.1) is 21.5 Å². The Labute approximate surface area is 184 Å². The van der Waals surface area contributed by atoms with E-state index in [-0.39, 0.29) is 5.91 Å². The van der Waals surface area contributed by atoms with Crippen molar-refractivity contribution in [3.05, 3.63) is 46.1 Å². The van der Waals surface area contributed by atoms with Crippen molar-refractivity contribution in [1.29, 1.82) is 0 Å². The summed E-state index contributed by atoms with van der Waals surface area (Å²) in [4.78, 5) is 22.2. The lowest BCUT2D eigenvalue weighted by molar-refractivity contribution is -0.130. The Morgan fingerprint density at radius 3 is 2.67 bits per heavy atom. The predicted octanol–water partition coefficient (Wildman–Crippen LogP) is 3.55. The number of hydrogen-bond acceptors (Lipinski definition) is 8. The number of piperazine rings is 1. The maximum atomic E-state index is 12.6. The van der Waals surface area contributed by atoms with Gasteiger partial charge in [-0.25, -0.2) is 4.98 Å².